The lowest BCUT2D eigenvalue weighted by atomic mass is 10.0. The Labute approximate surface area is 618 Å². The number of phosphoric ester groups is 2. The molecule has 5 atom stereocenters. The molecule has 0 fully saturated rings. The molecule has 0 spiro atoms. The van der Waals surface area contributed by atoms with E-state index in [1.54, 1.807) is 0 Å². The number of phosphoric acid groups is 2. The molecule has 0 rings (SSSR count). The highest BCUT2D eigenvalue weighted by molar-refractivity contribution is 7.47. The molecular weight excluding hydrogens is 1320 g/mol. The number of rotatable bonds is 79. The number of hydrogen-bond donors (Lipinski definition) is 3. The lowest BCUT2D eigenvalue weighted by Gasteiger charge is -2.21. The number of allylic oxidation sites excluding steroid dienone is 4. The largest absolute Gasteiger partial charge is 0.472 e. The Kier molecular flexibility index (Phi) is 71.3. The maximum Gasteiger partial charge on any atom is 0.472 e. The van der Waals surface area contributed by atoms with E-state index in [2.05, 4.69) is 65.8 Å². The van der Waals surface area contributed by atoms with Crippen LogP contribution in [-0.4, -0.2) is 96.7 Å². The lowest BCUT2D eigenvalue weighted by Crippen LogP contribution is -2.30. The Morgan fingerprint density at radius 1 is 0.307 bits per heavy atom. The van der Waals surface area contributed by atoms with Crippen LogP contribution >= 0.6 is 15.6 Å². The van der Waals surface area contributed by atoms with E-state index in [0.717, 1.165) is 115 Å². The fourth-order valence-corrected chi connectivity index (χ4v) is 13.8. The fraction of sp³-hybridized carbons (Fsp3) is 0.902. The zero-order valence-corrected chi connectivity index (χ0v) is 67.5. The number of hydrogen-bond acceptors (Lipinski definition) is 15. The van der Waals surface area contributed by atoms with E-state index in [9.17, 15) is 43.2 Å². The van der Waals surface area contributed by atoms with Crippen molar-refractivity contribution >= 4 is 39.5 Å². The quantitative estimate of drug-likeness (QED) is 0.0169. The van der Waals surface area contributed by atoms with Crippen LogP contribution in [0.25, 0.3) is 0 Å². The minimum Gasteiger partial charge on any atom is -0.462 e. The minimum atomic E-state index is -4.97. The second-order valence-electron chi connectivity index (χ2n) is 29.8. The van der Waals surface area contributed by atoms with E-state index in [1.165, 1.54) is 205 Å². The fourth-order valence-electron chi connectivity index (χ4n) is 12.2. The van der Waals surface area contributed by atoms with Gasteiger partial charge in [0.25, 0.3) is 0 Å². The average Bonchev–Trinajstić information content (AvgIpc) is 0.923. The third-order valence-electron chi connectivity index (χ3n) is 18.6. The zero-order valence-electron chi connectivity index (χ0n) is 65.7. The molecule has 101 heavy (non-hydrogen) atoms. The first-order chi connectivity index (χ1) is 48.9. The summed E-state index contributed by atoms with van der Waals surface area (Å²) in [6.07, 6.45) is 66.3. The molecule has 0 aliphatic rings. The first-order valence-electron chi connectivity index (χ1n) is 41.8. The van der Waals surface area contributed by atoms with Crippen LogP contribution in [0.15, 0.2) is 24.3 Å². The molecule has 0 radical (unpaired) electrons. The molecule has 0 aromatic heterocycles. The summed E-state index contributed by atoms with van der Waals surface area (Å²) in [5.41, 5.74) is 0. The van der Waals surface area contributed by atoms with Crippen molar-refractivity contribution in [1.82, 2.24) is 0 Å². The molecule has 0 saturated heterocycles. The maximum absolute atomic E-state index is 13.1. The Morgan fingerprint density at radius 3 is 0.812 bits per heavy atom. The van der Waals surface area contributed by atoms with Gasteiger partial charge in [0.2, 0.25) is 0 Å². The standard InChI is InChI=1S/C82H156O17P2/c1-7-9-11-13-15-17-19-21-23-24-25-26-27-28-30-34-39-43-47-55-61-66-81(86)98-77(70-92-79(84)64-58-52-45-41-37-35-31-32-36-40-44-50-56-62-74(3)4)72-96-100(88,89)94-68-76(83)69-95-101(90,91)97-73-78(71-93-80(85)65-59-53-49-48-51-57-63-75(5)6)99-82(87)67-60-54-46-42-38-33-29-22-20-18-16-14-12-10-8-2/h18,20,22,29,74-78,83H,7-17,19,21,23-28,30-73H2,1-6H3,(H,88,89)(H,90,91)/b20-18-,29-22-/t76-,77-,78-/m1/s1. The van der Waals surface area contributed by atoms with Gasteiger partial charge in [-0.3, -0.25) is 37.3 Å². The summed E-state index contributed by atoms with van der Waals surface area (Å²) in [5.74, 6) is -0.676. The molecule has 3 N–H and O–H groups in total. The highest BCUT2D eigenvalue weighted by atomic mass is 31.2. The summed E-state index contributed by atoms with van der Waals surface area (Å²) in [5, 5.41) is 10.6. The molecule has 17 nitrogen and oxygen atoms in total. The van der Waals surface area contributed by atoms with Gasteiger partial charge < -0.3 is 33.8 Å². The molecular formula is C82H156O17P2. The van der Waals surface area contributed by atoms with Gasteiger partial charge in [-0.2, -0.15) is 0 Å². The van der Waals surface area contributed by atoms with Gasteiger partial charge in [-0.25, -0.2) is 9.13 Å². The van der Waals surface area contributed by atoms with Gasteiger partial charge in [0.05, 0.1) is 26.4 Å². The van der Waals surface area contributed by atoms with Crippen molar-refractivity contribution in [3.8, 4) is 0 Å². The lowest BCUT2D eigenvalue weighted by molar-refractivity contribution is -0.161. The highest BCUT2D eigenvalue weighted by Crippen LogP contribution is 2.45. The van der Waals surface area contributed by atoms with Gasteiger partial charge in [0, 0.05) is 25.7 Å². The minimum absolute atomic E-state index is 0.0841. The number of carbonyl (C=O) groups is 4. The Hall–Kier alpha value is -2.46. The van der Waals surface area contributed by atoms with Crippen LogP contribution in [0.5, 0.6) is 0 Å². The second kappa shape index (κ2) is 73.1. The third-order valence-corrected chi connectivity index (χ3v) is 20.5. The van der Waals surface area contributed by atoms with Crippen LogP contribution in [0.3, 0.4) is 0 Å². The number of carbonyl (C=O) groups excluding carboxylic acids is 4. The topological polar surface area (TPSA) is 237 Å². The third kappa shape index (κ3) is 75.6. The molecule has 0 saturated carbocycles. The monoisotopic (exact) mass is 1480 g/mol. The van der Waals surface area contributed by atoms with Gasteiger partial charge in [0.15, 0.2) is 12.2 Å². The molecule has 0 bridgehead atoms. The van der Waals surface area contributed by atoms with E-state index < -0.39 is 97.5 Å². The predicted molar refractivity (Wildman–Crippen MR) is 414 cm³/mol. The van der Waals surface area contributed by atoms with Crippen LogP contribution in [0, 0.1) is 11.8 Å². The SMILES string of the molecule is CCCCCC/C=C\C=C/CCCCCCCC(=O)O[C@H](COC(=O)CCCCCCCCC(C)C)COP(=O)(O)OC[C@H](O)COP(=O)(O)OC[C@@H](COC(=O)CCCCCCCCCCCCCCCC(C)C)OC(=O)CCCCCCCCCCCCCCCCCCCCCCC. The van der Waals surface area contributed by atoms with Gasteiger partial charge in [0.1, 0.15) is 19.3 Å². The van der Waals surface area contributed by atoms with Crippen LogP contribution in [0.2, 0.25) is 0 Å². The maximum atomic E-state index is 13.1. The second-order valence-corrected chi connectivity index (χ2v) is 32.7. The number of esters is 4. The summed E-state index contributed by atoms with van der Waals surface area (Å²) < 4.78 is 68.6. The predicted octanol–water partition coefficient (Wildman–Crippen LogP) is 24.2. The molecule has 0 heterocycles. The average molecular weight is 1480 g/mol. The summed E-state index contributed by atoms with van der Waals surface area (Å²) in [4.78, 5) is 73.0. The van der Waals surface area contributed by atoms with Crippen molar-refractivity contribution in [3.05, 3.63) is 24.3 Å². The molecule has 19 heteroatoms. The smallest absolute Gasteiger partial charge is 0.462 e. The first-order valence-corrected chi connectivity index (χ1v) is 44.8. The molecule has 0 aromatic rings. The van der Waals surface area contributed by atoms with Gasteiger partial charge in [-0.15, -0.1) is 0 Å². The van der Waals surface area contributed by atoms with E-state index >= 15 is 0 Å². The van der Waals surface area contributed by atoms with E-state index in [-0.39, 0.29) is 25.7 Å². The van der Waals surface area contributed by atoms with Crippen LogP contribution in [0.4, 0.5) is 0 Å². The van der Waals surface area contributed by atoms with Crippen LogP contribution in [0.1, 0.15) is 408 Å². The van der Waals surface area contributed by atoms with Crippen molar-refractivity contribution in [3.63, 3.8) is 0 Å². The summed E-state index contributed by atoms with van der Waals surface area (Å²) >= 11 is 0. The first kappa shape index (κ1) is 98.5. The van der Waals surface area contributed by atoms with Crippen LogP contribution < -0.4 is 0 Å². The number of unbranched alkanes of at least 4 members (excludes halogenated alkanes) is 46. The van der Waals surface area contributed by atoms with Gasteiger partial charge >= 0.3 is 39.5 Å². The Morgan fingerprint density at radius 2 is 0.535 bits per heavy atom. The normalized spacial score (nSPS) is 14.0. The van der Waals surface area contributed by atoms with Gasteiger partial charge in [-0.1, -0.05) is 355 Å². The van der Waals surface area contributed by atoms with Crippen molar-refractivity contribution < 1.29 is 80.2 Å². The van der Waals surface area contributed by atoms with E-state index in [1.807, 2.05) is 0 Å². The number of ether oxygens (including phenoxy) is 4. The Balaban J connectivity index is 5.24. The van der Waals surface area contributed by atoms with Crippen molar-refractivity contribution in [2.75, 3.05) is 39.6 Å². The molecule has 0 aliphatic heterocycles. The van der Waals surface area contributed by atoms with Crippen molar-refractivity contribution in [2.24, 2.45) is 11.8 Å². The Bertz CT molecular complexity index is 2040. The number of aliphatic hydroxyl groups excluding tert-OH is 1. The molecule has 0 amide bonds. The zero-order chi connectivity index (χ0) is 74.2. The summed E-state index contributed by atoms with van der Waals surface area (Å²) in [6, 6.07) is 0. The molecule has 2 unspecified atom stereocenters. The highest BCUT2D eigenvalue weighted by Gasteiger charge is 2.30. The van der Waals surface area contributed by atoms with Crippen LogP contribution in [-0.2, 0) is 65.4 Å². The van der Waals surface area contributed by atoms with E-state index in [4.69, 9.17) is 37.0 Å². The molecule has 0 aliphatic carbocycles. The van der Waals surface area contributed by atoms with Crippen molar-refractivity contribution in [2.45, 2.75) is 426 Å². The van der Waals surface area contributed by atoms with Crippen molar-refractivity contribution in [1.29, 1.82) is 0 Å². The molecule has 0 aromatic carbocycles. The number of aliphatic hydroxyl groups is 1. The molecule has 596 valence electrons. The van der Waals surface area contributed by atoms with E-state index in [0.29, 0.717) is 31.6 Å². The van der Waals surface area contributed by atoms with Gasteiger partial charge in [-0.05, 0) is 63.2 Å². The summed E-state index contributed by atoms with van der Waals surface area (Å²) in [7, 11) is -9.93. The summed E-state index contributed by atoms with van der Waals surface area (Å²) in [6.45, 7) is 9.50.